The average molecular weight is 268 g/mol. The molecule has 1 fully saturated rings. The minimum atomic E-state index is 0.339. The summed E-state index contributed by atoms with van der Waals surface area (Å²) in [5.74, 6) is 0.898. The highest BCUT2D eigenvalue weighted by Crippen LogP contribution is 2.31. The van der Waals surface area contributed by atoms with Crippen molar-refractivity contribution in [2.75, 3.05) is 7.11 Å². The Hall–Kier alpha value is -1.84. The first-order valence-corrected chi connectivity index (χ1v) is 6.98. The molecule has 20 heavy (non-hydrogen) atoms. The predicted octanol–water partition coefficient (Wildman–Crippen LogP) is 3.28. The molecule has 0 bridgehead atoms. The summed E-state index contributed by atoms with van der Waals surface area (Å²) in [5, 5.41) is 0. The molecule has 0 aliphatic carbocycles. The van der Waals surface area contributed by atoms with Crippen LogP contribution in [0.5, 0.6) is 5.75 Å². The lowest BCUT2D eigenvalue weighted by atomic mass is 9.97. The maximum atomic E-state index is 5.20. The highest BCUT2D eigenvalue weighted by molar-refractivity contribution is 5.31. The SMILES string of the molecule is COc1ccc(C2CC(c3cccc(C)c3)NN2)cc1. The Labute approximate surface area is 119 Å². The number of hydrogen-bond acceptors (Lipinski definition) is 3. The van der Waals surface area contributed by atoms with E-state index in [1.807, 2.05) is 12.1 Å². The third kappa shape index (κ3) is 2.69. The van der Waals surface area contributed by atoms with Gasteiger partial charge in [0.2, 0.25) is 0 Å². The van der Waals surface area contributed by atoms with Crippen LogP contribution < -0.4 is 15.6 Å². The van der Waals surface area contributed by atoms with E-state index in [-0.39, 0.29) is 0 Å². The smallest absolute Gasteiger partial charge is 0.118 e. The second-order valence-corrected chi connectivity index (χ2v) is 5.32. The van der Waals surface area contributed by atoms with Gasteiger partial charge < -0.3 is 4.74 Å². The molecule has 2 atom stereocenters. The van der Waals surface area contributed by atoms with Gasteiger partial charge in [-0.15, -0.1) is 0 Å². The normalized spacial score (nSPS) is 21.9. The van der Waals surface area contributed by atoms with Gasteiger partial charge >= 0.3 is 0 Å². The Balaban J connectivity index is 1.72. The van der Waals surface area contributed by atoms with Crippen molar-refractivity contribution >= 4 is 0 Å². The van der Waals surface area contributed by atoms with E-state index >= 15 is 0 Å². The fourth-order valence-electron chi connectivity index (χ4n) is 2.72. The van der Waals surface area contributed by atoms with Crippen LogP contribution in [0.15, 0.2) is 48.5 Å². The van der Waals surface area contributed by atoms with Crippen molar-refractivity contribution in [2.24, 2.45) is 0 Å². The molecule has 2 N–H and O–H groups in total. The summed E-state index contributed by atoms with van der Waals surface area (Å²) >= 11 is 0. The molecule has 2 aromatic carbocycles. The number of nitrogens with one attached hydrogen (secondary N) is 2. The van der Waals surface area contributed by atoms with Crippen LogP contribution in [0.25, 0.3) is 0 Å². The molecule has 1 aliphatic heterocycles. The number of hydrogen-bond donors (Lipinski definition) is 2. The van der Waals surface area contributed by atoms with Gasteiger partial charge in [-0.25, -0.2) is 10.9 Å². The van der Waals surface area contributed by atoms with Gasteiger partial charge in [-0.2, -0.15) is 0 Å². The van der Waals surface area contributed by atoms with E-state index in [0.717, 1.165) is 12.2 Å². The van der Waals surface area contributed by atoms with Crippen LogP contribution in [0.1, 0.15) is 35.2 Å². The highest BCUT2D eigenvalue weighted by atomic mass is 16.5. The van der Waals surface area contributed by atoms with Crippen molar-refractivity contribution < 1.29 is 4.74 Å². The summed E-state index contributed by atoms with van der Waals surface area (Å²) in [7, 11) is 1.69. The molecule has 3 rings (SSSR count). The topological polar surface area (TPSA) is 33.3 Å². The van der Waals surface area contributed by atoms with Crippen molar-refractivity contribution in [3.8, 4) is 5.75 Å². The first kappa shape index (κ1) is 13.2. The quantitative estimate of drug-likeness (QED) is 0.896. The number of benzene rings is 2. The number of methoxy groups -OCH3 is 1. The third-order valence-corrected chi connectivity index (χ3v) is 3.87. The standard InChI is InChI=1S/C17H20N2O/c1-12-4-3-5-14(10-12)17-11-16(18-19-17)13-6-8-15(20-2)9-7-13/h3-10,16-19H,11H2,1-2H3. The molecule has 2 unspecified atom stereocenters. The summed E-state index contributed by atoms with van der Waals surface area (Å²) < 4.78 is 5.20. The zero-order valence-corrected chi connectivity index (χ0v) is 11.9. The van der Waals surface area contributed by atoms with Gasteiger partial charge in [0.1, 0.15) is 5.75 Å². The lowest BCUT2D eigenvalue weighted by molar-refractivity contribution is 0.414. The minimum Gasteiger partial charge on any atom is -0.497 e. The highest BCUT2D eigenvalue weighted by Gasteiger charge is 2.25. The molecule has 3 heteroatoms. The first-order valence-electron chi connectivity index (χ1n) is 6.98. The van der Waals surface area contributed by atoms with E-state index in [9.17, 15) is 0 Å². The van der Waals surface area contributed by atoms with Crippen LogP contribution in [0.2, 0.25) is 0 Å². The number of hydrazine groups is 1. The average Bonchev–Trinajstić information content (AvgIpc) is 2.97. The van der Waals surface area contributed by atoms with E-state index in [0.29, 0.717) is 12.1 Å². The van der Waals surface area contributed by atoms with E-state index in [1.54, 1.807) is 7.11 Å². The summed E-state index contributed by atoms with van der Waals surface area (Å²) in [4.78, 5) is 0. The molecule has 0 aromatic heterocycles. The Morgan fingerprint density at radius 2 is 1.65 bits per heavy atom. The lowest BCUT2D eigenvalue weighted by Gasteiger charge is -2.11. The fraction of sp³-hybridized carbons (Fsp3) is 0.294. The van der Waals surface area contributed by atoms with Gasteiger partial charge in [-0.1, -0.05) is 42.0 Å². The Morgan fingerprint density at radius 3 is 2.30 bits per heavy atom. The lowest BCUT2D eigenvalue weighted by Crippen LogP contribution is -2.26. The monoisotopic (exact) mass is 268 g/mol. The van der Waals surface area contributed by atoms with Gasteiger partial charge in [0, 0.05) is 12.1 Å². The summed E-state index contributed by atoms with van der Waals surface area (Å²) in [6, 6.07) is 17.6. The molecule has 1 heterocycles. The molecule has 0 saturated carbocycles. The second kappa shape index (κ2) is 5.65. The van der Waals surface area contributed by atoms with Gasteiger partial charge in [0.15, 0.2) is 0 Å². The van der Waals surface area contributed by atoms with E-state index in [4.69, 9.17) is 4.74 Å². The fourth-order valence-corrected chi connectivity index (χ4v) is 2.72. The van der Waals surface area contributed by atoms with Gasteiger partial charge in [0.25, 0.3) is 0 Å². The Morgan fingerprint density at radius 1 is 0.950 bits per heavy atom. The number of rotatable bonds is 3. The van der Waals surface area contributed by atoms with Crippen molar-refractivity contribution in [3.05, 3.63) is 65.2 Å². The Kier molecular flexibility index (Phi) is 3.72. The van der Waals surface area contributed by atoms with Crippen LogP contribution in [0, 0.1) is 6.92 Å². The zero-order chi connectivity index (χ0) is 13.9. The molecule has 0 spiro atoms. The van der Waals surface area contributed by atoms with Crippen molar-refractivity contribution in [3.63, 3.8) is 0 Å². The molecule has 2 aromatic rings. The molecular weight excluding hydrogens is 248 g/mol. The van der Waals surface area contributed by atoms with Crippen molar-refractivity contribution in [1.82, 2.24) is 10.9 Å². The summed E-state index contributed by atoms with van der Waals surface area (Å²) in [6.07, 6.45) is 1.05. The van der Waals surface area contributed by atoms with Crippen molar-refractivity contribution in [2.45, 2.75) is 25.4 Å². The molecule has 1 aliphatic rings. The minimum absolute atomic E-state index is 0.339. The second-order valence-electron chi connectivity index (χ2n) is 5.32. The van der Waals surface area contributed by atoms with E-state index in [1.165, 1.54) is 16.7 Å². The largest absolute Gasteiger partial charge is 0.497 e. The van der Waals surface area contributed by atoms with Crippen LogP contribution in [0.4, 0.5) is 0 Å². The molecule has 0 radical (unpaired) electrons. The van der Waals surface area contributed by atoms with Gasteiger partial charge in [-0.3, -0.25) is 0 Å². The zero-order valence-electron chi connectivity index (χ0n) is 11.9. The van der Waals surface area contributed by atoms with Crippen LogP contribution in [-0.2, 0) is 0 Å². The summed E-state index contributed by atoms with van der Waals surface area (Å²) in [5.41, 5.74) is 10.7. The van der Waals surface area contributed by atoms with Gasteiger partial charge in [0.05, 0.1) is 7.11 Å². The molecule has 1 saturated heterocycles. The summed E-state index contributed by atoms with van der Waals surface area (Å²) in [6.45, 7) is 2.13. The third-order valence-electron chi connectivity index (χ3n) is 3.87. The van der Waals surface area contributed by atoms with Crippen LogP contribution in [-0.4, -0.2) is 7.11 Å². The Bertz CT molecular complexity index is 580. The maximum Gasteiger partial charge on any atom is 0.118 e. The predicted molar refractivity (Wildman–Crippen MR) is 80.5 cm³/mol. The number of ether oxygens (including phenoxy) is 1. The van der Waals surface area contributed by atoms with Crippen LogP contribution >= 0.6 is 0 Å². The molecular formula is C17H20N2O. The van der Waals surface area contributed by atoms with Gasteiger partial charge in [-0.05, 0) is 36.6 Å². The molecule has 0 amide bonds. The van der Waals surface area contributed by atoms with E-state index in [2.05, 4.69) is 54.2 Å². The van der Waals surface area contributed by atoms with E-state index < -0.39 is 0 Å². The number of aryl methyl sites for hydroxylation is 1. The molecule has 3 nitrogen and oxygen atoms in total. The molecule has 104 valence electrons. The first-order chi connectivity index (χ1) is 9.76. The maximum absolute atomic E-state index is 5.20. The van der Waals surface area contributed by atoms with Crippen molar-refractivity contribution in [1.29, 1.82) is 0 Å². The van der Waals surface area contributed by atoms with Crippen LogP contribution in [0.3, 0.4) is 0 Å².